The number of benzene rings is 1. The van der Waals surface area contributed by atoms with Crippen molar-refractivity contribution in [2.24, 2.45) is 0 Å². The molecule has 0 saturated carbocycles. The van der Waals surface area contributed by atoms with E-state index in [0.29, 0.717) is 0 Å². The molecule has 4 N–H and O–H groups in total. The number of halogens is 1. The van der Waals surface area contributed by atoms with E-state index < -0.39 is 24.5 Å². The summed E-state index contributed by atoms with van der Waals surface area (Å²) < 4.78 is 9.75. The van der Waals surface area contributed by atoms with E-state index in [1.165, 1.54) is 26.3 Å². The van der Waals surface area contributed by atoms with Crippen LogP contribution in [0.5, 0.6) is 5.75 Å². The van der Waals surface area contributed by atoms with Crippen molar-refractivity contribution in [3.8, 4) is 5.75 Å². The van der Waals surface area contributed by atoms with E-state index >= 15 is 0 Å². The molecular formula is C12H14ClN3O5. The second kappa shape index (κ2) is 7.34. The van der Waals surface area contributed by atoms with Gasteiger partial charge in [-0.25, -0.2) is 9.59 Å². The number of hydrogen-bond acceptors (Lipinski definition) is 6. The van der Waals surface area contributed by atoms with Crippen molar-refractivity contribution >= 4 is 35.2 Å². The summed E-state index contributed by atoms with van der Waals surface area (Å²) in [6, 6.07) is 1.93. The van der Waals surface area contributed by atoms with Gasteiger partial charge in [0.2, 0.25) is 0 Å². The minimum Gasteiger partial charge on any atom is -0.496 e. The van der Waals surface area contributed by atoms with Gasteiger partial charge < -0.3 is 20.5 Å². The summed E-state index contributed by atoms with van der Waals surface area (Å²) in [7, 11) is 2.69. The lowest BCUT2D eigenvalue weighted by Crippen LogP contribution is -2.39. The molecule has 0 atom stereocenters. The van der Waals surface area contributed by atoms with Gasteiger partial charge in [0.1, 0.15) is 11.3 Å². The smallest absolute Gasteiger partial charge is 0.342 e. The number of carbonyl (C=O) groups is 3. The van der Waals surface area contributed by atoms with Gasteiger partial charge in [-0.1, -0.05) is 11.6 Å². The lowest BCUT2D eigenvalue weighted by atomic mass is 10.2. The first-order valence-electron chi connectivity index (χ1n) is 5.70. The van der Waals surface area contributed by atoms with E-state index in [1.54, 1.807) is 0 Å². The average Bonchev–Trinajstić information content (AvgIpc) is 2.46. The molecule has 1 rings (SSSR count). The summed E-state index contributed by atoms with van der Waals surface area (Å²) in [5.74, 6) is -1.45. The molecule has 8 nitrogen and oxygen atoms in total. The van der Waals surface area contributed by atoms with Gasteiger partial charge in [-0.3, -0.25) is 10.1 Å². The van der Waals surface area contributed by atoms with Crippen molar-refractivity contribution in [1.82, 2.24) is 10.6 Å². The Hall–Kier alpha value is -2.48. The fourth-order valence-corrected chi connectivity index (χ4v) is 1.50. The second-order valence-electron chi connectivity index (χ2n) is 3.78. The predicted molar refractivity (Wildman–Crippen MR) is 75.3 cm³/mol. The third-order valence-corrected chi connectivity index (χ3v) is 2.68. The molecule has 0 spiro atoms. The van der Waals surface area contributed by atoms with Gasteiger partial charge in [0, 0.05) is 13.1 Å². The Morgan fingerprint density at radius 1 is 1.33 bits per heavy atom. The van der Waals surface area contributed by atoms with Crippen LogP contribution in [-0.4, -0.2) is 38.7 Å². The highest BCUT2D eigenvalue weighted by Gasteiger charge is 2.18. The zero-order valence-corrected chi connectivity index (χ0v) is 12.1. The van der Waals surface area contributed by atoms with Crippen molar-refractivity contribution in [1.29, 1.82) is 0 Å². The highest BCUT2D eigenvalue weighted by molar-refractivity contribution is 6.33. The van der Waals surface area contributed by atoms with Crippen LogP contribution < -0.4 is 21.1 Å². The van der Waals surface area contributed by atoms with Crippen molar-refractivity contribution in [3.63, 3.8) is 0 Å². The number of amides is 3. The Morgan fingerprint density at radius 3 is 2.57 bits per heavy atom. The molecule has 0 aliphatic heterocycles. The van der Waals surface area contributed by atoms with E-state index in [2.05, 4.69) is 5.32 Å². The number of carbonyl (C=O) groups excluding carboxylic acids is 3. The number of imide groups is 1. The Balaban J connectivity index is 2.74. The van der Waals surface area contributed by atoms with Crippen LogP contribution in [-0.2, 0) is 9.53 Å². The van der Waals surface area contributed by atoms with E-state index in [1.807, 2.05) is 5.32 Å². The van der Waals surface area contributed by atoms with Gasteiger partial charge in [-0.15, -0.1) is 0 Å². The van der Waals surface area contributed by atoms with Gasteiger partial charge in [0.05, 0.1) is 17.8 Å². The maximum atomic E-state index is 11.9. The van der Waals surface area contributed by atoms with Crippen molar-refractivity contribution in [2.45, 2.75) is 0 Å². The Labute approximate surface area is 125 Å². The summed E-state index contributed by atoms with van der Waals surface area (Å²) in [6.07, 6.45) is 0. The highest BCUT2D eigenvalue weighted by atomic mass is 35.5. The van der Waals surface area contributed by atoms with Crippen molar-refractivity contribution in [2.75, 3.05) is 26.5 Å². The summed E-state index contributed by atoms with van der Waals surface area (Å²) in [5, 5.41) is 4.28. The molecule has 9 heteroatoms. The molecule has 0 saturated heterocycles. The molecule has 1 aromatic carbocycles. The molecule has 3 amide bonds. The normalized spacial score (nSPS) is 9.67. The van der Waals surface area contributed by atoms with Crippen LogP contribution in [0.1, 0.15) is 10.4 Å². The molecular weight excluding hydrogens is 302 g/mol. The number of anilines is 1. The minimum atomic E-state index is -0.833. The second-order valence-corrected chi connectivity index (χ2v) is 4.18. The van der Waals surface area contributed by atoms with Crippen LogP contribution in [0, 0.1) is 0 Å². The topological polar surface area (TPSA) is 120 Å². The number of esters is 1. The number of methoxy groups -OCH3 is 1. The van der Waals surface area contributed by atoms with Gasteiger partial charge in [0.25, 0.3) is 5.91 Å². The predicted octanol–water partition coefficient (Wildman–Crippen LogP) is 0.543. The van der Waals surface area contributed by atoms with Crippen LogP contribution in [0.15, 0.2) is 12.1 Å². The van der Waals surface area contributed by atoms with E-state index in [0.717, 1.165) is 0 Å². The number of nitrogens with one attached hydrogen (secondary N) is 2. The Morgan fingerprint density at radius 2 is 2.00 bits per heavy atom. The zero-order valence-electron chi connectivity index (χ0n) is 11.4. The summed E-state index contributed by atoms with van der Waals surface area (Å²) in [4.78, 5) is 34.0. The Bertz CT molecular complexity index is 576. The highest BCUT2D eigenvalue weighted by Crippen LogP contribution is 2.29. The largest absolute Gasteiger partial charge is 0.496 e. The number of urea groups is 1. The first-order valence-corrected chi connectivity index (χ1v) is 6.08. The summed E-state index contributed by atoms with van der Waals surface area (Å²) in [5.41, 5.74) is 5.84. The van der Waals surface area contributed by atoms with Crippen LogP contribution in [0.4, 0.5) is 10.5 Å². The number of rotatable bonds is 4. The van der Waals surface area contributed by atoms with Gasteiger partial charge >= 0.3 is 12.0 Å². The standard InChI is InChI=1S/C12H14ClN3O5/c1-15-12(19)16-10(17)5-21-11(18)6-3-7(13)8(14)4-9(6)20-2/h3-4H,5,14H2,1-2H3,(H2,15,16,17,19). The third kappa shape index (κ3) is 4.53. The fourth-order valence-electron chi connectivity index (χ4n) is 1.33. The maximum Gasteiger partial charge on any atom is 0.342 e. The molecule has 21 heavy (non-hydrogen) atoms. The van der Waals surface area contributed by atoms with Crippen LogP contribution >= 0.6 is 11.6 Å². The number of hydrogen-bond donors (Lipinski definition) is 3. The SMILES string of the molecule is CNC(=O)NC(=O)COC(=O)c1cc(Cl)c(N)cc1OC. The molecule has 0 bridgehead atoms. The summed E-state index contributed by atoms with van der Waals surface area (Å²) in [6.45, 7) is -0.628. The average molecular weight is 316 g/mol. The van der Waals surface area contributed by atoms with Crippen molar-refractivity contribution in [3.05, 3.63) is 22.7 Å². The molecule has 0 fully saturated rings. The van der Waals surface area contributed by atoms with E-state index in [4.69, 9.17) is 26.8 Å². The molecule has 0 radical (unpaired) electrons. The number of ether oxygens (including phenoxy) is 2. The first kappa shape index (κ1) is 16.6. The zero-order chi connectivity index (χ0) is 16.0. The maximum absolute atomic E-state index is 11.9. The van der Waals surface area contributed by atoms with Crippen LogP contribution in [0.3, 0.4) is 0 Å². The lowest BCUT2D eigenvalue weighted by molar-refractivity contribution is -0.123. The van der Waals surface area contributed by atoms with Crippen LogP contribution in [0.2, 0.25) is 5.02 Å². The first-order chi connectivity index (χ1) is 9.88. The quantitative estimate of drug-likeness (QED) is 0.551. The fraction of sp³-hybridized carbons (Fsp3) is 0.250. The molecule has 0 unspecified atom stereocenters. The van der Waals surface area contributed by atoms with Gasteiger partial charge in [0.15, 0.2) is 6.61 Å². The molecule has 114 valence electrons. The van der Waals surface area contributed by atoms with E-state index in [9.17, 15) is 14.4 Å². The van der Waals surface area contributed by atoms with Gasteiger partial charge in [-0.05, 0) is 6.07 Å². The van der Waals surface area contributed by atoms with Crippen molar-refractivity contribution < 1.29 is 23.9 Å². The molecule has 0 aliphatic carbocycles. The van der Waals surface area contributed by atoms with Crippen LogP contribution in [0.25, 0.3) is 0 Å². The molecule has 0 heterocycles. The summed E-state index contributed by atoms with van der Waals surface area (Å²) >= 11 is 5.82. The molecule has 1 aromatic rings. The van der Waals surface area contributed by atoms with Gasteiger partial charge in [-0.2, -0.15) is 0 Å². The third-order valence-electron chi connectivity index (χ3n) is 2.35. The number of nitrogen functional groups attached to an aromatic ring is 1. The Kier molecular flexibility index (Phi) is 5.79. The lowest BCUT2D eigenvalue weighted by Gasteiger charge is -2.10. The number of nitrogens with two attached hydrogens (primary N) is 1. The monoisotopic (exact) mass is 315 g/mol. The minimum absolute atomic E-state index is 0.0180. The molecule has 0 aromatic heterocycles. The molecule has 0 aliphatic rings. The van der Waals surface area contributed by atoms with E-state index in [-0.39, 0.29) is 22.0 Å².